The van der Waals surface area contributed by atoms with E-state index in [0.29, 0.717) is 17.8 Å². The zero-order valence-corrected chi connectivity index (χ0v) is 13.2. The van der Waals surface area contributed by atoms with Gasteiger partial charge in [-0.25, -0.2) is 4.79 Å². The van der Waals surface area contributed by atoms with Crippen molar-refractivity contribution in [3.8, 4) is 0 Å². The van der Waals surface area contributed by atoms with Gasteiger partial charge in [-0.15, -0.1) is 11.8 Å². The largest absolute Gasteiger partial charge is 0.465 e. The number of carbonyl (C=O) groups is 2. The summed E-state index contributed by atoms with van der Waals surface area (Å²) in [5.41, 5.74) is -1.23. The Kier molecular flexibility index (Phi) is 6.55. The van der Waals surface area contributed by atoms with Crippen LogP contribution in [0.5, 0.6) is 0 Å². The predicted molar refractivity (Wildman–Crippen MR) is 75.2 cm³/mol. The van der Waals surface area contributed by atoms with E-state index in [1.807, 2.05) is 0 Å². The third-order valence-electron chi connectivity index (χ3n) is 2.45. The van der Waals surface area contributed by atoms with Crippen LogP contribution in [0, 0.1) is 0 Å². The first-order valence-corrected chi connectivity index (χ1v) is 7.35. The number of thioether (sulfide) groups is 1. The Morgan fingerprint density at radius 3 is 2.45 bits per heavy atom. The first-order chi connectivity index (χ1) is 10.2. The summed E-state index contributed by atoms with van der Waals surface area (Å²) < 4.78 is 47.8. The van der Waals surface area contributed by atoms with E-state index in [1.165, 1.54) is 0 Å². The van der Waals surface area contributed by atoms with Crippen LogP contribution in [0.4, 0.5) is 13.2 Å². The van der Waals surface area contributed by atoms with Gasteiger partial charge in [0.2, 0.25) is 0 Å². The second-order valence-electron chi connectivity index (χ2n) is 3.89. The molecule has 4 nitrogen and oxygen atoms in total. The fourth-order valence-corrected chi connectivity index (χ4v) is 2.85. The molecule has 0 aliphatic rings. The summed E-state index contributed by atoms with van der Waals surface area (Å²) >= 11 is 6.45. The zero-order chi connectivity index (χ0) is 16.9. The smallest absolute Gasteiger partial charge is 0.417 e. The molecule has 0 aromatic heterocycles. The molecule has 1 aromatic rings. The lowest BCUT2D eigenvalue weighted by Gasteiger charge is -2.15. The van der Waals surface area contributed by atoms with Gasteiger partial charge in [-0.05, 0) is 19.1 Å². The van der Waals surface area contributed by atoms with Crippen molar-refractivity contribution in [1.82, 2.24) is 0 Å². The summed E-state index contributed by atoms with van der Waals surface area (Å²) in [6.45, 7) is 1.74. The molecule has 0 N–H and O–H groups in total. The number of rotatable bonds is 5. The van der Waals surface area contributed by atoms with Crippen molar-refractivity contribution in [2.45, 2.75) is 18.0 Å². The van der Waals surface area contributed by atoms with Crippen molar-refractivity contribution in [2.24, 2.45) is 0 Å². The third kappa shape index (κ3) is 4.54. The average molecular weight is 357 g/mol. The Bertz CT molecular complexity index is 575. The lowest BCUT2D eigenvalue weighted by molar-refractivity contribution is -0.140. The number of methoxy groups -OCH3 is 1. The molecule has 1 aromatic carbocycles. The summed E-state index contributed by atoms with van der Waals surface area (Å²) in [4.78, 5) is 22.8. The van der Waals surface area contributed by atoms with Crippen molar-refractivity contribution in [3.05, 3.63) is 28.3 Å². The SMILES string of the molecule is CCOC(=O)CSc1c(C(=O)OC)ccc(C(F)(F)F)c1Cl. The highest BCUT2D eigenvalue weighted by Gasteiger charge is 2.35. The highest BCUT2D eigenvalue weighted by atomic mass is 35.5. The molecule has 1 rings (SSSR count). The lowest BCUT2D eigenvalue weighted by Crippen LogP contribution is -2.12. The molecule has 0 aliphatic carbocycles. The molecular weight excluding hydrogens is 345 g/mol. The van der Waals surface area contributed by atoms with Crippen LogP contribution < -0.4 is 0 Å². The van der Waals surface area contributed by atoms with E-state index in [1.54, 1.807) is 6.92 Å². The van der Waals surface area contributed by atoms with Crippen LogP contribution in [-0.2, 0) is 20.4 Å². The van der Waals surface area contributed by atoms with Gasteiger partial charge in [-0.1, -0.05) is 11.6 Å². The van der Waals surface area contributed by atoms with Gasteiger partial charge in [0, 0.05) is 4.90 Å². The minimum atomic E-state index is -4.68. The summed E-state index contributed by atoms with van der Waals surface area (Å²) in [6, 6.07) is 1.66. The van der Waals surface area contributed by atoms with Crippen molar-refractivity contribution in [2.75, 3.05) is 19.5 Å². The molecule has 0 atom stereocenters. The Morgan fingerprint density at radius 2 is 1.95 bits per heavy atom. The topological polar surface area (TPSA) is 52.6 Å². The minimum absolute atomic E-state index is 0.138. The van der Waals surface area contributed by atoms with Crippen LogP contribution in [0.1, 0.15) is 22.8 Å². The van der Waals surface area contributed by atoms with Crippen LogP contribution in [0.2, 0.25) is 5.02 Å². The Balaban J connectivity index is 3.23. The van der Waals surface area contributed by atoms with Crippen LogP contribution in [-0.4, -0.2) is 31.4 Å². The monoisotopic (exact) mass is 356 g/mol. The number of alkyl halides is 3. The predicted octanol–water partition coefficient (Wildman–Crippen LogP) is 3.80. The number of halogens is 4. The number of ether oxygens (including phenoxy) is 2. The molecule has 0 saturated carbocycles. The maximum absolute atomic E-state index is 12.9. The standard InChI is InChI=1S/C13H12ClF3O4S/c1-3-21-9(18)6-22-11-7(12(19)20-2)4-5-8(10(11)14)13(15,16)17/h4-5H,3,6H2,1-2H3. The Hall–Kier alpha value is -1.41. The van der Waals surface area contributed by atoms with Crippen molar-refractivity contribution < 1.29 is 32.2 Å². The normalized spacial score (nSPS) is 11.2. The molecule has 0 amide bonds. The van der Waals surface area contributed by atoms with E-state index < -0.39 is 28.7 Å². The van der Waals surface area contributed by atoms with E-state index >= 15 is 0 Å². The van der Waals surface area contributed by atoms with Gasteiger partial charge in [0.25, 0.3) is 0 Å². The van der Waals surface area contributed by atoms with Crippen LogP contribution in [0.3, 0.4) is 0 Å². The number of hydrogen-bond donors (Lipinski definition) is 0. The highest BCUT2D eigenvalue weighted by molar-refractivity contribution is 8.00. The van der Waals surface area contributed by atoms with Gasteiger partial charge in [0.05, 0.1) is 35.6 Å². The Labute approximate surface area is 133 Å². The van der Waals surface area contributed by atoms with Gasteiger partial charge in [-0.2, -0.15) is 13.2 Å². The molecule has 0 spiro atoms. The van der Waals surface area contributed by atoms with Gasteiger partial charge in [-0.3, -0.25) is 4.79 Å². The number of esters is 2. The van der Waals surface area contributed by atoms with Crippen LogP contribution in [0.15, 0.2) is 17.0 Å². The summed E-state index contributed by atoms with van der Waals surface area (Å²) in [6.07, 6.45) is -4.68. The zero-order valence-electron chi connectivity index (χ0n) is 11.6. The van der Waals surface area contributed by atoms with Crippen molar-refractivity contribution in [3.63, 3.8) is 0 Å². The second-order valence-corrected chi connectivity index (χ2v) is 5.25. The van der Waals surface area contributed by atoms with E-state index in [4.69, 9.17) is 11.6 Å². The number of hydrogen-bond acceptors (Lipinski definition) is 5. The van der Waals surface area contributed by atoms with Crippen LogP contribution >= 0.6 is 23.4 Å². The lowest BCUT2D eigenvalue weighted by atomic mass is 10.1. The van der Waals surface area contributed by atoms with E-state index in [-0.39, 0.29) is 22.8 Å². The molecule has 22 heavy (non-hydrogen) atoms. The van der Waals surface area contributed by atoms with E-state index in [9.17, 15) is 22.8 Å². The van der Waals surface area contributed by atoms with E-state index in [2.05, 4.69) is 9.47 Å². The van der Waals surface area contributed by atoms with Gasteiger partial charge in [0.15, 0.2) is 0 Å². The first kappa shape index (κ1) is 18.6. The first-order valence-electron chi connectivity index (χ1n) is 5.98. The molecule has 0 heterocycles. The van der Waals surface area contributed by atoms with Gasteiger partial charge < -0.3 is 9.47 Å². The molecule has 0 saturated heterocycles. The molecule has 0 aliphatic heterocycles. The quantitative estimate of drug-likeness (QED) is 0.593. The minimum Gasteiger partial charge on any atom is -0.465 e. The molecule has 0 unspecified atom stereocenters. The highest BCUT2D eigenvalue weighted by Crippen LogP contribution is 2.41. The molecular formula is C13H12ClF3O4S. The fraction of sp³-hybridized carbons (Fsp3) is 0.385. The molecule has 0 bridgehead atoms. The molecule has 0 radical (unpaired) electrons. The number of carbonyl (C=O) groups excluding carboxylic acids is 2. The summed E-state index contributed by atoms with van der Waals surface area (Å²) in [5.74, 6) is -1.75. The second kappa shape index (κ2) is 7.73. The van der Waals surface area contributed by atoms with Crippen molar-refractivity contribution in [1.29, 1.82) is 0 Å². The fourth-order valence-electron chi connectivity index (χ4n) is 1.52. The van der Waals surface area contributed by atoms with Gasteiger partial charge >= 0.3 is 18.1 Å². The summed E-state index contributed by atoms with van der Waals surface area (Å²) in [7, 11) is 1.09. The van der Waals surface area contributed by atoms with Crippen molar-refractivity contribution >= 4 is 35.3 Å². The average Bonchev–Trinajstić information content (AvgIpc) is 2.43. The maximum Gasteiger partial charge on any atom is 0.417 e. The molecule has 0 fully saturated rings. The summed E-state index contributed by atoms with van der Waals surface area (Å²) in [5, 5.41) is -0.648. The Morgan fingerprint density at radius 1 is 1.32 bits per heavy atom. The third-order valence-corrected chi connectivity index (χ3v) is 4.04. The maximum atomic E-state index is 12.9. The molecule has 122 valence electrons. The molecule has 9 heteroatoms. The number of benzene rings is 1. The van der Waals surface area contributed by atoms with Gasteiger partial charge in [0.1, 0.15) is 0 Å². The van der Waals surface area contributed by atoms with E-state index in [0.717, 1.165) is 13.2 Å². The van der Waals surface area contributed by atoms with Crippen LogP contribution in [0.25, 0.3) is 0 Å².